The van der Waals surface area contributed by atoms with Crippen molar-refractivity contribution < 1.29 is 4.79 Å². The topological polar surface area (TPSA) is 32.3 Å². The summed E-state index contributed by atoms with van der Waals surface area (Å²) >= 11 is 0. The zero-order valence-electron chi connectivity index (χ0n) is 13.3. The predicted molar refractivity (Wildman–Crippen MR) is 81.2 cm³/mol. The molecule has 0 spiro atoms. The molecule has 2 aliphatic carbocycles. The average molecular weight is 278 g/mol. The molecule has 2 saturated carbocycles. The Bertz CT molecular complexity index is 373. The second-order valence-corrected chi connectivity index (χ2v) is 7.87. The first-order chi connectivity index (χ1) is 9.50. The van der Waals surface area contributed by atoms with Gasteiger partial charge in [0.15, 0.2) is 0 Å². The first kappa shape index (κ1) is 14.4. The second-order valence-electron chi connectivity index (χ2n) is 7.87. The predicted octanol–water partition coefficient (Wildman–Crippen LogP) is 3.29. The number of carbonyl (C=O) groups excluding carboxylic acids is 1. The SMILES string of the molecule is CC1NC(C2CCCC2)N(C2CCCCC2(C)C)C1=O. The van der Waals surface area contributed by atoms with Gasteiger partial charge in [-0.3, -0.25) is 10.1 Å². The van der Waals surface area contributed by atoms with E-state index in [-0.39, 0.29) is 11.5 Å². The molecular weight excluding hydrogens is 248 g/mol. The number of hydrogen-bond acceptors (Lipinski definition) is 2. The first-order valence-electron chi connectivity index (χ1n) is 8.59. The van der Waals surface area contributed by atoms with Gasteiger partial charge in [0.05, 0.1) is 12.2 Å². The highest BCUT2D eigenvalue weighted by Crippen LogP contribution is 2.42. The molecule has 3 atom stereocenters. The summed E-state index contributed by atoms with van der Waals surface area (Å²) in [6.07, 6.45) is 10.6. The van der Waals surface area contributed by atoms with E-state index < -0.39 is 0 Å². The Kier molecular flexibility index (Phi) is 3.83. The molecule has 3 heteroatoms. The number of rotatable bonds is 2. The van der Waals surface area contributed by atoms with Gasteiger partial charge in [-0.25, -0.2) is 0 Å². The molecule has 1 aliphatic heterocycles. The van der Waals surface area contributed by atoms with Crippen molar-refractivity contribution in [3.63, 3.8) is 0 Å². The lowest BCUT2D eigenvalue weighted by Crippen LogP contribution is -2.54. The van der Waals surface area contributed by atoms with Crippen LogP contribution in [0.2, 0.25) is 0 Å². The van der Waals surface area contributed by atoms with Gasteiger partial charge >= 0.3 is 0 Å². The van der Waals surface area contributed by atoms with Crippen LogP contribution in [0.4, 0.5) is 0 Å². The van der Waals surface area contributed by atoms with Crippen molar-refractivity contribution in [1.29, 1.82) is 0 Å². The highest BCUT2D eigenvalue weighted by Gasteiger charge is 2.48. The lowest BCUT2D eigenvalue weighted by Gasteiger charge is -2.47. The van der Waals surface area contributed by atoms with Crippen LogP contribution in [0.15, 0.2) is 0 Å². The van der Waals surface area contributed by atoms with Crippen molar-refractivity contribution in [2.75, 3.05) is 0 Å². The Morgan fingerprint density at radius 3 is 2.40 bits per heavy atom. The highest BCUT2D eigenvalue weighted by atomic mass is 16.2. The summed E-state index contributed by atoms with van der Waals surface area (Å²) in [5.74, 6) is 1.03. The molecule has 0 bridgehead atoms. The number of amides is 1. The van der Waals surface area contributed by atoms with Gasteiger partial charge in [0.1, 0.15) is 0 Å². The van der Waals surface area contributed by atoms with Crippen molar-refractivity contribution in [3.05, 3.63) is 0 Å². The molecule has 20 heavy (non-hydrogen) atoms. The van der Waals surface area contributed by atoms with E-state index in [0.29, 0.717) is 24.0 Å². The fourth-order valence-electron chi connectivity index (χ4n) is 4.74. The minimum absolute atomic E-state index is 0.0123. The van der Waals surface area contributed by atoms with Crippen LogP contribution >= 0.6 is 0 Å². The molecule has 3 unspecified atom stereocenters. The summed E-state index contributed by atoms with van der Waals surface area (Å²) in [6.45, 7) is 6.76. The summed E-state index contributed by atoms with van der Waals surface area (Å²) in [4.78, 5) is 15.0. The first-order valence-corrected chi connectivity index (χ1v) is 8.59. The van der Waals surface area contributed by atoms with E-state index in [1.807, 2.05) is 6.92 Å². The fourth-order valence-corrected chi connectivity index (χ4v) is 4.74. The summed E-state index contributed by atoms with van der Waals surface area (Å²) < 4.78 is 0. The van der Waals surface area contributed by atoms with Crippen LogP contribution in [0.3, 0.4) is 0 Å². The Morgan fingerprint density at radius 1 is 1.10 bits per heavy atom. The van der Waals surface area contributed by atoms with E-state index in [1.54, 1.807) is 0 Å². The molecule has 3 nitrogen and oxygen atoms in total. The molecule has 3 aliphatic rings. The zero-order valence-corrected chi connectivity index (χ0v) is 13.3. The molecular formula is C17H30N2O. The number of nitrogens with zero attached hydrogens (tertiary/aromatic N) is 1. The van der Waals surface area contributed by atoms with E-state index >= 15 is 0 Å². The molecule has 0 radical (unpaired) electrons. The van der Waals surface area contributed by atoms with Crippen LogP contribution in [0.1, 0.15) is 72.1 Å². The Balaban J connectivity index is 1.85. The maximum absolute atomic E-state index is 12.7. The van der Waals surface area contributed by atoms with Gasteiger partial charge in [-0.1, -0.05) is 39.5 Å². The molecule has 0 aromatic carbocycles. The summed E-state index contributed by atoms with van der Waals surface area (Å²) in [7, 11) is 0. The molecule has 1 saturated heterocycles. The third kappa shape index (κ3) is 2.38. The molecule has 3 fully saturated rings. The Morgan fingerprint density at radius 2 is 1.75 bits per heavy atom. The minimum Gasteiger partial charge on any atom is -0.322 e. The monoisotopic (exact) mass is 278 g/mol. The van der Waals surface area contributed by atoms with Gasteiger partial charge < -0.3 is 4.90 Å². The van der Waals surface area contributed by atoms with Crippen molar-refractivity contribution in [1.82, 2.24) is 10.2 Å². The lowest BCUT2D eigenvalue weighted by atomic mass is 9.72. The second kappa shape index (κ2) is 5.32. The van der Waals surface area contributed by atoms with Crippen molar-refractivity contribution in [2.45, 2.75) is 90.4 Å². The Hall–Kier alpha value is -0.570. The van der Waals surface area contributed by atoms with Crippen LogP contribution in [-0.4, -0.2) is 29.1 Å². The van der Waals surface area contributed by atoms with E-state index in [9.17, 15) is 4.79 Å². The normalized spacial score (nSPS) is 38.6. The average Bonchev–Trinajstić information content (AvgIpc) is 3.00. The van der Waals surface area contributed by atoms with Gasteiger partial charge in [-0.15, -0.1) is 0 Å². The standard InChI is InChI=1S/C17H30N2O/c1-12-16(20)19(14-10-6-7-11-17(14,2)3)15(18-12)13-8-4-5-9-13/h12-15,18H,4-11H2,1-3H3. The number of carbonyl (C=O) groups is 1. The summed E-state index contributed by atoms with van der Waals surface area (Å²) in [5, 5.41) is 3.61. The van der Waals surface area contributed by atoms with Gasteiger partial charge in [0.25, 0.3) is 0 Å². The van der Waals surface area contributed by atoms with E-state index in [0.717, 1.165) is 0 Å². The largest absolute Gasteiger partial charge is 0.322 e. The van der Waals surface area contributed by atoms with Crippen molar-refractivity contribution in [2.24, 2.45) is 11.3 Å². The van der Waals surface area contributed by atoms with Crippen LogP contribution in [0.5, 0.6) is 0 Å². The van der Waals surface area contributed by atoms with Gasteiger partial charge in [0, 0.05) is 6.04 Å². The van der Waals surface area contributed by atoms with Crippen molar-refractivity contribution >= 4 is 5.91 Å². The van der Waals surface area contributed by atoms with E-state index in [2.05, 4.69) is 24.1 Å². The molecule has 0 aromatic rings. The Labute approximate surface area is 123 Å². The maximum Gasteiger partial charge on any atom is 0.241 e. The van der Waals surface area contributed by atoms with Crippen LogP contribution in [-0.2, 0) is 4.79 Å². The zero-order chi connectivity index (χ0) is 14.3. The van der Waals surface area contributed by atoms with Gasteiger partial charge in [-0.05, 0) is 43.9 Å². The smallest absolute Gasteiger partial charge is 0.241 e. The maximum atomic E-state index is 12.7. The fraction of sp³-hybridized carbons (Fsp3) is 0.941. The molecule has 1 N–H and O–H groups in total. The summed E-state index contributed by atoms with van der Waals surface area (Å²) in [6, 6.07) is 0.449. The quantitative estimate of drug-likeness (QED) is 0.840. The molecule has 1 amide bonds. The highest BCUT2D eigenvalue weighted by molar-refractivity contribution is 5.84. The van der Waals surface area contributed by atoms with E-state index in [4.69, 9.17) is 0 Å². The van der Waals surface area contributed by atoms with Gasteiger partial charge in [-0.2, -0.15) is 0 Å². The van der Waals surface area contributed by atoms with Crippen LogP contribution in [0.25, 0.3) is 0 Å². The molecule has 114 valence electrons. The van der Waals surface area contributed by atoms with Crippen molar-refractivity contribution in [3.8, 4) is 0 Å². The minimum atomic E-state index is 0.0123. The molecule has 0 aromatic heterocycles. The number of nitrogens with one attached hydrogen (secondary N) is 1. The number of hydrogen-bond donors (Lipinski definition) is 1. The molecule has 1 heterocycles. The van der Waals surface area contributed by atoms with Crippen LogP contribution < -0.4 is 5.32 Å². The third-order valence-electron chi connectivity index (χ3n) is 5.98. The van der Waals surface area contributed by atoms with Crippen LogP contribution in [0, 0.1) is 11.3 Å². The molecule has 3 rings (SSSR count). The van der Waals surface area contributed by atoms with Gasteiger partial charge in [0.2, 0.25) is 5.91 Å². The van der Waals surface area contributed by atoms with E-state index in [1.165, 1.54) is 51.4 Å². The summed E-state index contributed by atoms with van der Waals surface area (Å²) in [5.41, 5.74) is 0.274. The lowest BCUT2D eigenvalue weighted by molar-refractivity contribution is -0.137. The third-order valence-corrected chi connectivity index (χ3v) is 5.98.